The first kappa shape index (κ1) is 16.9. The molecule has 0 spiro atoms. The van der Waals surface area contributed by atoms with Crippen molar-refractivity contribution in [2.75, 3.05) is 0 Å². The molecule has 0 amide bonds. The Kier molecular flexibility index (Phi) is 4.33. The van der Waals surface area contributed by atoms with Crippen molar-refractivity contribution in [1.29, 1.82) is 0 Å². The van der Waals surface area contributed by atoms with Crippen LogP contribution in [0.15, 0.2) is 38.7 Å². The van der Waals surface area contributed by atoms with Crippen LogP contribution in [0, 0.1) is 19.7 Å². The van der Waals surface area contributed by atoms with E-state index in [4.69, 9.17) is 4.52 Å². The molecule has 0 bridgehead atoms. The third-order valence-corrected chi connectivity index (χ3v) is 5.61. The van der Waals surface area contributed by atoms with Crippen molar-refractivity contribution in [3.63, 3.8) is 0 Å². The second kappa shape index (κ2) is 6.65. The quantitative estimate of drug-likeness (QED) is 0.419. The zero-order chi connectivity index (χ0) is 18.3. The molecule has 9 heteroatoms. The lowest BCUT2D eigenvalue weighted by molar-refractivity contribution is 0.387. The van der Waals surface area contributed by atoms with Gasteiger partial charge in [0.15, 0.2) is 11.0 Å². The summed E-state index contributed by atoms with van der Waals surface area (Å²) >= 11 is 2.77. The Morgan fingerprint density at radius 2 is 2.00 bits per heavy atom. The van der Waals surface area contributed by atoms with E-state index in [0.29, 0.717) is 32.8 Å². The number of nitrogens with zero attached hydrogens (tertiary/aromatic N) is 3. The van der Waals surface area contributed by atoms with Gasteiger partial charge < -0.3 is 9.51 Å². The summed E-state index contributed by atoms with van der Waals surface area (Å²) in [5.41, 5.74) is 1.37. The monoisotopic (exact) mass is 388 g/mol. The molecule has 0 saturated heterocycles. The highest BCUT2D eigenvalue weighted by Gasteiger charge is 2.17. The van der Waals surface area contributed by atoms with Gasteiger partial charge in [0.25, 0.3) is 5.56 Å². The normalized spacial score (nSPS) is 11.3. The lowest BCUT2D eigenvalue weighted by Crippen LogP contribution is -2.08. The highest BCUT2D eigenvalue weighted by molar-refractivity contribution is 7.98. The van der Waals surface area contributed by atoms with Crippen molar-refractivity contribution < 1.29 is 8.91 Å². The lowest BCUT2D eigenvalue weighted by Gasteiger charge is -2.02. The Morgan fingerprint density at radius 3 is 2.69 bits per heavy atom. The number of thioether (sulfide) groups is 1. The lowest BCUT2D eigenvalue weighted by atomic mass is 10.0. The minimum absolute atomic E-state index is 0.220. The van der Waals surface area contributed by atoms with Crippen molar-refractivity contribution in [2.24, 2.45) is 0 Å². The van der Waals surface area contributed by atoms with Gasteiger partial charge in [-0.3, -0.25) is 4.79 Å². The van der Waals surface area contributed by atoms with Gasteiger partial charge in [0.2, 0.25) is 5.89 Å². The number of aromatic nitrogens is 4. The number of thiophene rings is 1. The Balaban J connectivity index is 1.72. The molecule has 1 N–H and O–H groups in total. The van der Waals surface area contributed by atoms with Crippen molar-refractivity contribution in [2.45, 2.75) is 24.8 Å². The average Bonchev–Trinajstić information content (AvgIpc) is 3.16. The van der Waals surface area contributed by atoms with Crippen molar-refractivity contribution in [3.8, 4) is 11.1 Å². The summed E-state index contributed by atoms with van der Waals surface area (Å²) in [5.74, 6) is 1.15. The van der Waals surface area contributed by atoms with Gasteiger partial charge in [-0.2, -0.15) is 4.98 Å². The number of rotatable bonds is 4. The van der Waals surface area contributed by atoms with Crippen molar-refractivity contribution >= 4 is 33.3 Å². The number of hydrogen-bond donors (Lipinski definition) is 1. The number of nitrogens with one attached hydrogen (secondary N) is 1. The second-order valence-corrected chi connectivity index (χ2v) is 7.78. The topological polar surface area (TPSA) is 84.7 Å². The smallest absolute Gasteiger partial charge is 0.260 e. The summed E-state index contributed by atoms with van der Waals surface area (Å²) < 4.78 is 18.3. The Hall–Kier alpha value is -2.52. The molecule has 3 heterocycles. The molecule has 0 aliphatic rings. The van der Waals surface area contributed by atoms with Gasteiger partial charge >= 0.3 is 0 Å². The van der Waals surface area contributed by atoms with Crippen LogP contribution in [0.5, 0.6) is 0 Å². The highest BCUT2D eigenvalue weighted by Crippen LogP contribution is 2.36. The summed E-state index contributed by atoms with van der Waals surface area (Å²) in [6.07, 6.45) is 0. The first-order chi connectivity index (χ1) is 12.5. The van der Waals surface area contributed by atoms with Gasteiger partial charge in [-0.1, -0.05) is 29.1 Å². The van der Waals surface area contributed by atoms with Gasteiger partial charge in [-0.05, 0) is 31.5 Å². The summed E-state index contributed by atoms with van der Waals surface area (Å²) in [6, 6.07) is 6.11. The molecule has 26 heavy (non-hydrogen) atoms. The number of fused-ring (bicyclic) bond motifs is 1. The van der Waals surface area contributed by atoms with E-state index in [0.717, 1.165) is 16.0 Å². The van der Waals surface area contributed by atoms with E-state index in [-0.39, 0.29) is 11.4 Å². The molecular weight excluding hydrogens is 375 g/mol. The third-order valence-electron chi connectivity index (χ3n) is 3.75. The Bertz CT molecular complexity index is 1150. The molecule has 0 saturated carbocycles. The molecule has 0 radical (unpaired) electrons. The minimum atomic E-state index is -0.312. The van der Waals surface area contributed by atoms with Crippen LogP contribution in [0.3, 0.4) is 0 Å². The fourth-order valence-electron chi connectivity index (χ4n) is 2.66. The van der Waals surface area contributed by atoms with Crippen LogP contribution in [0.1, 0.15) is 16.6 Å². The van der Waals surface area contributed by atoms with Crippen LogP contribution < -0.4 is 5.56 Å². The zero-order valence-corrected chi connectivity index (χ0v) is 15.5. The summed E-state index contributed by atoms with van der Waals surface area (Å²) in [5, 5.41) is 4.75. The fourth-order valence-corrected chi connectivity index (χ4v) is 4.46. The van der Waals surface area contributed by atoms with E-state index < -0.39 is 0 Å². The van der Waals surface area contributed by atoms with Crippen molar-refractivity contribution in [3.05, 3.63) is 57.0 Å². The number of halogens is 1. The Morgan fingerprint density at radius 1 is 1.23 bits per heavy atom. The van der Waals surface area contributed by atoms with E-state index >= 15 is 0 Å². The maximum atomic E-state index is 13.2. The first-order valence-electron chi connectivity index (χ1n) is 7.72. The molecule has 3 aromatic heterocycles. The van der Waals surface area contributed by atoms with Crippen LogP contribution in [-0.2, 0) is 5.75 Å². The number of hydrogen-bond acceptors (Lipinski definition) is 7. The van der Waals surface area contributed by atoms with Crippen LogP contribution in [0.4, 0.5) is 4.39 Å². The first-order valence-corrected chi connectivity index (χ1v) is 9.53. The molecule has 0 fully saturated rings. The number of aryl methyl sites for hydroxylation is 2. The van der Waals surface area contributed by atoms with Gasteiger partial charge in [-0.15, -0.1) is 11.3 Å². The molecular formula is C17H13FN4O2S2. The molecule has 132 valence electrons. The SMILES string of the molecule is Cc1noc(CSc2nc3sc(C)c(-c4ccc(F)cc4)c3c(=O)[nH]2)n1. The number of aromatic amines is 1. The minimum Gasteiger partial charge on any atom is -0.338 e. The second-order valence-electron chi connectivity index (χ2n) is 5.62. The summed E-state index contributed by atoms with van der Waals surface area (Å²) in [6.45, 7) is 3.67. The fraction of sp³-hybridized carbons (Fsp3) is 0.176. The van der Waals surface area contributed by atoms with E-state index in [2.05, 4.69) is 20.1 Å². The summed E-state index contributed by atoms with van der Waals surface area (Å²) in [4.78, 5) is 25.7. The molecule has 6 nitrogen and oxygen atoms in total. The summed E-state index contributed by atoms with van der Waals surface area (Å²) in [7, 11) is 0. The van der Waals surface area contributed by atoms with E-state index in [9.17, 15) is 9.18 Å². The van der Waals surface area contributed by atoms with E-state index in [1.165, 1.54) is 35.2 Å². The maximum absolute atomic E-state index is 13.2. The molecule has 0 aliphatic heterocycles. The van der Waals surface area contributed by atoms with Gasteiger partial charge in [0, 0.05) is 10.4 Å². The van der Waals surface area contributed by atoms with Gasteiger partial charge in [0.05, 0.1) is 11.1 Å². The molecule has 4 aromatic rings. The predicted octanol–water partition coefficient (Wildman–Crippen LogP) is 4.08. The standard InChI is InChI=1S/C17H13FN4O2S2/c1-8-13(10-3-5-11(18)6-4-10)14-15(23)20-17(21-16(14)26-8)25-7-12-19-9(2)22-24-12/h3-6H,7H2,1-2H3,(H,20,21,23). The number of benzene rings is 1. The predicted molar refractivity (Wildman–Crippen MR) is 99.0 cm³/mol. The zero-order valence-electron chi connectivity index (χ0n) is 13.9. The molecule has 0 unspecified atom stereocenters. The van der Waals surface area contributed by atoms with Crippen LogP contribution in [0.2, 0.25) is 0 Å². The van der Waals surface area contributed by atoms with E-state index in [1.54, 1.807) is 19.1 Å². The maximum Gasteiger partial charge on any atom is 0.260 e. The van der Waals surface area contributed by atoms with Crippen LogP contribution in [0.25, 0.3) is 21.3 Å². The third kappa shape index (κ3) is 3.15. The number of H-pyrrole nitrogens is 1. The largest absolute Gasteiger partial charge is 0.338 e. The molecule has 0 aliphatic carbocycles. The molecule has 0 atom stereocenters. The van der Waals surface area contributed by atoms with Crippen LogP contribution in [-0.4, -0.2) is 20.1 Å². The average molecular weight is 388 g/mol. The Labute approximate surface area is 155 Å². The molecule has 1 aromatic carbocycles. The van der Waals surface area contributed by atoms with Crippen molar-refractivity contribution in [1.82, 2.24) is 20.1 Å². The molecule has 4 rings (SSSR count). The van der Waals surface area contributed by atoms with Gasteiger partial charge in [0.1, 0.15) is 10.6 Å². The highest BCUT2D eigenvalue weighted by atomic mass is 32.2. The van der Waals surface area contributed by atoms with E-state index in [1.807, 2.05) is 6.92 Å². The van der Waals surface area contributed by atoms with Crippen LogP contribution >= 0.6 is 23.1 Å². The van der Waals surface area contributed by atoms with Gasteiger partial charge in [-0.25, -0.2) is 9.37 Å².